The van der Waals surface area contributed by atoms with E-state index in [4.69, 9.17) is 0 Å². The van der Waals surface area contributed by atoms with Crippen molar-refractivity contribution in [1.82, 2.24) is 0 Å². The Morgan fingerprint density at radius 1 is 0.692 bits per heavy atom. The van der Waals surface area contributed by atoms with Crippen LogP contribution in [0.15, 0.2) is 66.7 Å². The second-order valence-corrected chi connectivity index (χ2v) is 8.38. The van der Waals surface area contributed by atoms with E-state index < -0.39 is 0 Å². The van der Waals surface area contributed by atoms with Crippen LogP contribution in [0.2, 0.25) is 0 Å². The molecule has 0 saturated heterocycles. The van der Waals surface area contributed by atoms with E-state index in [1.54, 1.807) is 0 Å². The quantitative estimate of drug-likeness (QED) is 0.393. The molecule has 2 heteroatoms. The lowest BCUT2D eigenvalue weighted by atomic mass is 9.83. The molecule has 0 atom stereocenters. The molecule has 0 aliphatic heterocycles. The average molecular weight is 358 g/mol. The highest BCUT2D eigenvalue weighted by Gasteiger charge is 2.18. The predicted molar refractivity (Wildman–Crippen MR) is 115 cm³/mol. The van der Waals surface area contributed by atoms with E-state index in [1.165, 1.54) is 69.2 Å². The number of fused-ring (bicyclic) bond motifs is 3. The number of rotatable bonds is 3. The van der Waals surface area contributed by atoms with E-state index in [9.17, 15) is 0 Å². The largest absolute Gasteiger partial charge is 0.354 e. The Kier molecular flexibility index (Phi) is 4.14. The SMILES string of the molecule is c1ccc(C2CCCCC2)c(Nc2cccc3c2sc2ccccc23)c1. The number of anilines is 2. The fourth-order valence-corrected chi connectivity index (χ4v) is 5.54. The highest BCUT2D eigenvalue weighted by Crippen LogP contribution is 2.41. The number of thiophene rings is 1. The number of hydrogen-bond acceptors (Lipinski definition) is 2. The predicted octanol–water partition coefficient (Wildman–Crippen LogP) is 7.85. The maximum atomic E-state index is 3.78. The lowest BCUT2D eigenvalue weighted by Crippen LogP contribution is -2.07. The third-order valence-corrected chi connectivity index (χ3v) is 6.90. The summed E-state index contributed by atoms with van der Waals surface area (Å²) >= 11 is 1.89. The normalized spacial score (nSPS) is 15.5. The third kappa shape index (κ3) is 2.79. The molecule has 0 bridgehead atoms. The van der Waals surface area contributed by atoms with Gasteiger partial charge in [0.1, 0.15) is 0 Å². The average Bonchev–Trinajstić information content (AvgIpc) is 3.09. The first-order chi connectivity index (χ1) is 12.9. The van der Waals surface area contributed by atoms with Crippen molar-refractivity contribution >= 4 is 42.9 Å². The van der Waals surface area contributed by atoms with E-state index in [0.717, 1.165) is 0 Å². The maximum Gasteiger partial charge on any atom is 0.0590 e. The van der Waals surface area contributed by atoms with Crippen molar-refractivity contribution in [3.63, 3.8) is 0 Å². The Morgan fingerprint density at radius 2 is 1.42 bits per heavy atom. The maximum absolute atomic E-state index is 3.78. The summed E-state index contributed by atoms with van der Waals surface area (Å²) in [6, 6.07) is 24.3. The highest BCUT2D eigenvalue weighted by atomic mass is 32.1. The number of nitrogens with one attached hydrogen (secondary N) is 1. The van der Waals surface area contributed by atoms with Gasteiger partial charge in [-0.3, -0.25) is 0 Å². The van der Waals surface area contributed by atoms with Crippen LogP contribution in [0.3, 0.4) is 0 Å². The molecule has 1 saturated carbocycles. The second kappa shape index (κ2) is 6.77. The Balaban J connectivity index is 1.58. The van der Waals surface area contributed by atoms with Crippen LogP contribution in [0.25, 0.3) is 20.2 Å². The number of para-hydroxylation sites is 1. The summed E-state index contributed by atoms with van der Waals surface area (Å²) in [6.07, 6.45) is 6.78. The molecule has 0 radical (unpaired) electrons. The lowest BCUT2D eigenvalue weighted by Gasteiger charge is -2.24. The van der Waals surface area contributed by atoms with Crippen LogP contribution in [0.1, 0.15) is 43.6 Å². The Morgan fingerprint density at radius 3 is 2.35 bits per heavy atom. The van der Waals surface area contributed by atoms with Crippen LogP contribution in [-0.4, -0.2) is 0 Å². The molecule has 1 nitrogen and oxygen atoms in total. The van der Waals surface area contributed by atoms with Gasteiger partial charge in [0.15, 0.2) is 0 Å². The fourth-order valence-electron chi connectivity index (χ4n) is 4.37. The monoisotopic (exact) mass is 357 g/mol. The van der Waals surface area contributed by atoms with Crippen LogP contribution < -0.4 is 5.32 Å². The van der Waals surface area contributed by atoms with E-state index in [2.05, 4.69) is 72.0 Å². The zero-order valence-corrected chi connectivity index (χ0v) is 15.7. The number of hydrogen-bond donors (Lipinski definition) is 1. The molecular weight excluding hydrogens is 334 g/mol. The molecule has 1 aliphatic carbocycles. The van der Waals surface area contributed by atoms with Gasteiger partial charge in [-0.15, -0.1) is 11.3 Å². The second-order valence-electron chi connectivity index (χ2n) is 7.33. The number of benzene rings is 3. The fraction of sp³-hybridized carbons (Fsp3) is 0.250. The first-order valence-corrected chi connectivity index (χ1v) is 10.5. The van der Waals surface area contributed by atoms with Gasteiger partial charge < -0.3 is 5.32 Å². The lowest BCUT2D eigenvalue weighted by molar-refractivity contribution is 0.444. The topological polar surface area (TPSA) is 12.0 Å². The molecule has 1 fully saturated rings. The molecule has 1 aliphatic rings. The minimum Gasteiger partial charge on any atom is -0.354 e. The molecule has 130 valence electrons. The van der Waals surface area contributed by atoms with Crippen molar-refractivity contribution in [3.05, 3.63) is 72.3 Å². The smallest absolute Gasteiger partial charge is 0.0590 e. The van der Waals surface area contributed by atoms with E-state index >= 15 is 0 Å². The molecule has 3 aromatic carbocycles. The van der Waals surface area contributed by atoms with Crippen LogP contribution in [0.5, 0.6) is 0 Å². The zero-order chi connectivity index (χ0) is 17.3. The van der Waals surface area contributed by atoms with Crippen molar-refractivity contribution < 1.29 is 0 Å². The highest BCUT2D eigenvalue weighted by molar-refractivity contribution is 7.26. The summed E-state index contributed by atoms with van der Waals surface area (Å²) in [4.78, 5) is 0. The van der Waals surface area contributed by atoms with Crippen LogP contribution in [-0.2, 0) is 0 Å². The first-order valence-electron chi connectivity index (χ1n) is 9.66. The van der Waals surface area contributed by atoms with Crippen molar-refractivity contribution in [2.75, 3.05) is 5.32 Å². The summed E-state index contributed by atoms with van der Waals surface area (Å²) < 4.78 is 2.71. The molecule has 1 heterocycles. The molecular formula is C24H23NS. The summed E-state index contributed by atoms with van der Waals surface area (Å²) in [6.45, 7) is 0. The molecule has 0 spiro atoms. The van der Waals surface area contributed by atoms with Crippen molar-refractivity contribution in [3.8, 4) is 0 Å². The molecule has 4 aromatic rings. The van der Waals surface area contributed by atoms with Gasteiger partial charge in [0.05, 0.1) is 10.4 Å². The summed E-state index contributed by atoms with van der Waals surface area (Å²) in [7, 11) is 0. The van der Waals surface area contributed by atoms with Crippen LogP contribution >= 0.6 is 11.3 Å². The molecule has 26 heavy (non-hydrogen) atoms. The first kappa shape index (κ1) is 15.9. The van der Waals surface area contributed by atoms with Gasteiger partial charge in [-0.25, -0.2) is 0 Å². The molecule has 1 aromatic heterocycles. The Bertz CT molecular complexity index is 1060. The summed E-state index contributed by atoms with van der Waals surface area (Å²) in [5, 5.41) is 6.49. The Hall–Kier alpha value is -2.32. The van der Waals surface area contributed by atoms with Gasteiger partial charge in [-0.05, 0) is 42.5 Å². The van der Waals surface area contributed by atoms with Gasteiger partial charge in [-0.2, -0.15) is 0 Å². The minimum absolute atomic E-state index is 0.703. The molecule has 5 rings (SSSR count). The van der Waals surface area contributed by atoms with E-state index in [1.807, 2.05) is 11.3 Å². The van der Waals surface area contributed by atoms with Gasteiger partial charge in [0.25, 0.3) is 0 Å². The minimum atomic E-state index is 0.703. The van der Waals surface area contributed by atoms with Crippen LogP contribution in [0, 0.1) is 0 Å². The van der Waals surface area contributed by atoms with Crippen molar-refractivity contribution in [2.24, 2.45) is 0 Å². The molecule has 0 amide bonds. The van der Waals surface area contributed by atoms with E-state index in [0.29, 0.717) is 5.92 Å². The molecule has 1 N–H and O–H groups in total. The van der Waals surface area contributed by atoms with Crippen LogP contribution in [0.4, 0.5) is 11.4 Å². The zero-order valence-electron chi connectivity index (χ0n) is 14.9. The summed E-state index contributed by atoms with van der Waals surface area (Å²) in [5.41, 5.74) is 4.00. The van der Waals surface area contributed by atoms with Crippen molar-refractivity contribution in [1.29, 1.82) is 0 Å². The third-order valence-electron chi connectivity index (χ3n) is 5.68. The van der Waals surface area contributed by atoms with Gasteiger partial charge in [0, 0.05) is 21.2 Å². The standard InChI is InChI=1S/C24H23NS/c1-2-9-17(10-3-1)18-11-4-6-14-21(18)25-22-15-8-13-20-19-12-5-7-16-23(19)26-24(20)22/h4-8,11-17,25H,1-3,9-10H2. The molecule has 0 unspecified atom stereocenters. The summed E-state index contributed by atoms with van der Waals surface area (Å²) in [5.74, 6) is 0.703. The van der Waals surface area contributed by atoms with Gasteiger partial charge in [0.2, 0.25) is 0 Å². The van der Waals surface area contributed by atoms with Gasteiger partial charge in [-0.1, -0.05) is 67.8 Å². The van der Waals surface area contributed by atoms with E-state index in [-0.39, 0.29) is 0 Å². The van der Waals surface area contributed by atoms with Crippen molar-refractivity contribution in [2.45, 2.75) is 38.0 Å². The Labute approximate surface area is 158 Å². The van der Waals surface area contributed by atoms with Gasteiger partial charge >= 0.3 is 0 Å².